The van der Waals surface area contributed by atoms with Crippen molar-refractivity contribution in [3.8, 4) is 17.6 Å². The van der Waals surface area contributed by atoms with E-state index in [1.807, 2.05) is 91.0 Å². The van der Waals surface area contributed by atoms with Gasteiger partial charge in [-0.25, -0.2) is 0 Å². The third kappa shape index (κ3) is 6.04. The SMILES string of the molecule is COc1cc(/C=C(/C#N)c2ccccc2)ccc1OC(=O)CC(c1ccccc1)c1ccccc1. The molecule has 0 N–H and O–H groups in total. The van der Waals surface area contributed by atoms with E-state index in [0.717, 1.165) is 22.3 Å². The van der Waals surface area contributed by atoms with Gasteiger partial charge >= 0.3 is 5.97 Å². The summed E-state index contributed by atoms with van der Waals surface area (Å²) >= 11 is 0. The van der Waals surface area contributed by atoms with Crippen LogP contribution in [0.1, 0.15) is 34.6 Å². The molecule has 0 saturated carbocycles. The van der Waals surface area contributed by atoms with Gasteiger partial charge in [0.25, 0.3) is 0 Å². The molecule has 0 fully saturated rings. The Morgan fingerprint density at radius 1 is 0.829 bits per heavy atom. The van der Waals surface area contributed by atoms with Crippen molar-refractivity contribution >= 4 is 17.6 Å². The molecule has 0 saturated heterocycles. The Balaban J connectivity index is 1.55. The topological polar surface area (TPSA) is 59.3 Å². The maximum absolute atomic E-state index is 13.0. The van der Waals surface area contributed by atoms with Crippen molar-refractivity contribution in [3.05, 3.63) is 131 Å². The molecule has 0 bridgehead atoms. The van der Waals surface area contributed by atoms with Gasteiger partial charge in [0, 0.05) is 5.92 Å². The van der Waals surface area contributed by atoms with Gasteiger partial charge < -0.3 is 9.47 Å². The summed E-state index contributed by atoms with van der Waals surface area (Å²) in [5, 5.41) is 9.59. The van der Waals surface area contributed by atoms with Gasteiger partial charge in [-0.1, -0.05) is 97.1 Å². The molecule has 4 nitrogen and oxygen atoms in total. The molecule has 4 rings (SSSR count). The van der Waals surface area contributed by atoms with Crippen molar-refractivity contribution in [3.63, 3.8) is 0 Å². The molecular formula is C31H25NO3. The highest BCUT2D eigenvalue weighted by atomic mass is 16.6. The highest BCUT2D eigenvalue weighted by Crippen LogP contribution is 2.32. The number of carbonyl (C=O) groups is 1. The Labute approximate surface area is 205 Å². The van der Waals surface area contributed by atoms with Crippen LogP contribution in [0, 0.1) is 11.3 Å². The number of benzene rings is 4. The van der Waals surface area contributed by atoms with Gasteiger partial charge in [-0.15, -0.1) is 0 Å². The first-order valence-electron chi connectivity index (χ1n) is 11.3. The lowest BCUT2D eigenvalue weighted by Crippen LogP contribution is -2.14. The minimum atomic E-state index is -0.355. The molecule has 0 amide bonds. The summed E-state index contributed by atoms with van der Waals surface area (Å²) in [5.41, 5.74) is 4.23. The normalized spacial score (nSPS) is 11.1. The maximum Gasteiger partial charge on any atom is 0.312 e. The largest absolute Gasteiger partial charge is 0.493 e. The van der Waals surface area contributed by atoms with Gasteiger partial charge in [-0.3, -0.25) is 4.79 Å². The molecule has 0 atom stereocenters. The Morgan fingerprint density at radius 2 is 1.40 bits per heavy atom. The Morgan fingerprint density at radius 3 is 1.94 bits per heavy atom. The molecule has 0 aliphatic rings. The summed E-state index contributed by atoms with van der Waals surface area (Å²) in [6.45, 7) is 0. The molecule has 4 aromatic carbocycles. The van der Waals surface area contributed by atoms with E-state index in [0.29, 0.717) is 17.1 Å². The summed E-state index contributed by atoms with van der Waals surface area (Å²) in [5.74, 6) is 0.287. The molecule has 0 aliphatic carbocycles. The highest BCUT2D eigenvalue weighted by molar-refractivity contribution is 5.90. The minimum absolute atomic E-state index is 0.123. The van der Waals surface area contributed by atoms with Gasteiger partial charge in [0.1, 0.15) is 0 Å². The molecule has 35 heavy (non-hydrogen) atoms. The van der Waals surface area contributed by atoms with Crippen LogP contribution in [0.25, 0.3) is 11.6 Å². The van der Waals surface area contributed by atoms with E-state index in [9.17, 15) is 10.1 Å². The quantitative estimate of drug-likeness (QED) is 0.125. The number of nitrogens with zero attached hydrogens (tertiary/aromatic N) is 1. The molecule has 0 spiro atoms. The summed E-state index contributed by atoms with van der Waals surface area (Å²) in [6, 6.07) is 36.8. The van der Waals surface area contributed by atoms with Gasteiger partial charge in [0.15, 0.2) is 11.5 Å². The van der Waals surface area contributed by atoms with Crippen molar-refractivity contribution in [1.82, 2.24) is 0 Å². The first kappa shape index (κ1) is 23.5. The number of hydrogen-bond acceptors (Lipinski definition) is 4. The summed E-state index contributed by atoms with van der Waals surface area (Å²) in [4.78, 5) is 13.0. The molecule has 4 aromatic rings. The van der Waals surface area contributed by atoms with E-state index >= 15 is 0 Å². The number of carbonyl (C=O) groups excluding carboxylic acids is 1. The summed E-state index contributed by atoms with van der Waals surface area (Å²) in [6.07, 6.45) is 1.97. The zero-order valence-electron chi connectivity index (χ0n) is 19.4. The van der Waals surface area contributed by atoms with Gasteiger partial charge in [0.05, 0.1) is 25.2 Å². The second kappa shape index (κ2) is 11.5. The number of methoxy groups -OCH3 is 1. The maximum atomic E-state index is 13.0. The van der Waals surface area contributed by atoms with E-state index < -0.39 is 0 Å². The van der Waals surface area contributed by atoms with E-state index in [1.165, 1.54) is 7.11 Å². The fourth-order valence-electron chi connectivity index (χ4n) is 3.95. The zero-order valence-corrected chi connectivity index (χ0v) is 19.4. The first-order chi connectivity index (χ1) is 17.2. The van der Waals surface area contributed by atoms with E-state index in [2.05, 4.69) is 6.07 Å². The smallest absolute Gasteiger partial charge is 0.312 e. The number of esters is 1. The van der Waals surface area contributed by atoms with Crippen LogP contribution in [0.2, 0.25) is 0 Å². The molecule has 4 heteroatoms. The van der Waals surface area contributed by atoms with Crippen molar-refractivity contribution in [1.29, 1.82) is 5.26 Å². The monoisotopic (exact) mass is 459 g/mol. The fourth-order valence-corrected chi connectivity index (χ4v) is 3.95. The number of ether oxygens (including phenoxy) is 2. The predicted octanol–water partition coefficient (Wildman–Crippen LogP) is 6.89. The summed E-state index contributed by atoms with van der Waals surface area (Å²) in [7, 11) is 1.53. The highest BCUT2D eigenvalue weighted by Gasteiger charge is 2.20. The van der Waals surface area contributed by atoms with Crippen LogP contribution in [0.4, 0.5) is 0 Å². The second-order valence-electron chi connectivity index (χ2n) is 8.00. The third-order valence-electron chi connectivity index (χ3n) is 5.70. The van der Waals surface area contributed by atoms with Gasteiger partial charge in [-0.2, -0.15) is 5.26 Å². The first-order valence-corrected chi connectivity index (χ1v) is 11.3. The number of hydrogen-bond donors (Lipinski definition) is 0. The fraction of sp³-hybridized carbons (Fsp3) is 0.0968. The lowest BCUT2D eigenvalue weighted by atomic mass is 9.88. The van der Waals surface area contributed by atoms with Crippen LogP contribution in [0.15, 0.2) is 109 Å². The number of allylic oxidation sites excluding steroid dienone is 1. The predicted molar refractivity (Wildman–Crippen MR) is 138 cm³/mol. The number of nitriles is 1. The van der Waals surface area contributed by atoms with Crippen LogP contribution in [0.5, 0.6) is 11.5 Å². The third-order valence-corrected chi connectivity index (χ3v) is 5.70. The van der Waals surface area contributed by atoms with Gasteiger partial charge in [-0.05, 0) is 40.5 Å². The Bertz CT molecular complexity index is 1300. The minimum Gasteiger partial charge on any atom is -0.493 e. The Kier molecular flexibility index (Phi) is 7.73. The van der Waals surface area contributed by atoms with E-state index in [1.54, 1.807) is 24.3 Å². The molecular weight excluding hydrogens is 434 g/mol. The average Bonchev–Trinajstić information content (AvgIpc) is 2.92. The van der Waals surface area contributed by atoms with Crippen LogP contribution in [-0.2, 0) is 4.79 Å². The van der Waals surface area contributed by atoms with Crippen molar-refractivity contribution in [2.45, 2.75) is 12.3 Å². The van der Waals surface area contributed by atoms with Crippen LogP contribution in [-0.4, -0.2) is 13.1 Å². The van der Waals surface area contributed by atoms with Crippen molar-refractivity contribution in [2.24, 2.45) is 0 Å². The second-order valence-corrected chi connectivity index (χ2v) is 8.00. The average molecular weight is 460 g/mol. The molecule has 0 heterocycles. The molecule has 0 unspecified atom stereocenters. The van der Waals surface area contributed by atoms with Crippen molar-refractivity contribution in [2.75, 3.05) is 7.11 Å². The van der Waals surface area contributed by atoms with Crippen LogP contribution >= 0.6 is 0 Å². The lowest BCUT2D eigenvalue weighted by Gasteiger charge is -2.18. The Hall–Kier alpha value is -4.62. The van der Waals surface area contributed by atoms with Crippen LogP contribution < -0.4 is 9.47 Å². The molecule has 0 aliphatic heterocycles. The lowest BCUT2D eigenvalue weighted by molar-refractivity contribution is -0.134. The van der Waals surface area contributed by atoms with E-state index in [4.69, 9.17) is 9.47 Å². The molecule has 172 valence electrons. The van der Waals surface area contributed by atoms with E-state index in [-0.39, 0.29) is 18.3 Å². The number of rotatable bonds is 8. The van der Waals surface area contributed by atoms with Gasteiger partial charge in [0.2, 0.25) is 0 Å². The standard InChI is InChI=1S/C31H25NO3/c1-34-30-20-23(19-27(22-32)24-11-5-2-6-12-24)17-18-29(30)35-31(33)21-28(25-13-7-3-8-14-25)26-15-9-4-10-16-26/h2-20,28H,21H2,1H3/b27-19-. The summed E-state index contributed by atoms with van der Waals surface area (Å²) < 4.78 is 11.2. The molecule has 0 aromatic heterocycles. The van der Waals surface area contributed by atoms with Crippen molar-refractivity contribution < 1.29 is 14.3 Å². The van der Waals surface area contributed by atoms with Crippen LogP contribution in [0.3, 0.4) is 0 Å². The molecule has 0 radical (unpaired) electrons. The zero-order chi connectivity index (χ0) is 24.5.